The summed E-state index contributed by atoms with van der Waals surface area (Å²) >= 11 is 6.17. The summed E-state index contributed by atoms with van der Waals surface area (Å²) in [6.45, 7) is 8.31. The third-order valence-electron chi connectivity index (χ3n) is 11.5. The van der Waals surface area contributed by atoms with Crippen molar-refractivity contribution in [3.63, 3.8) is 0 Å². The lowest BCUT2D eigenvalue weighted by Crippen LogP contribution is -2.52. The number of hydrogen-bond donors (Lipinski definition) is 3. The topological polar surface area (TPSA) is 143 Å². The Balaban J connectivity index is 0.797. The van der Waals surface area contributed by atoms with Gasteiger partial charge in [0.05, 0.1) is 29.0 Å². The van der Waals surface area contributed by atoms with E-state index in [1.54, 1.807) is 23.1 Å². The normalized spacial score (nSPS) is 22.4. The number of piperazine rings is 1. The van der Waals surface area contributed by atoms with E-state index in [2.05, 4.69) is 66.7 Å². The molecular formula is C40H41ClN8O5. The molecule has 278 valence electrons. The Morgan fingerprint density at radius 1 is 0.963 bits per heavy atom. The molecule has 9 rings (SSSR count). The molecule has 3 saturated heterocycles. The number of anilines is 3. The summed E-state index contributed by atoms with van der Waals surface area (Å²) in [5.41, 5.74) is 7.08. The van der Waals surface area contributed by atoms with E-state index in [1.807, 2.05) is 18.2 Å². The highest BCUT2D eigenvalue weighted by Gasteiger charge is 2.40. The number of para-hydroxylation sites is 1. The Hall–Kier alpha value is -5.40. The van der Waals surface area contributed by atoms with Gasteiger partial charge >= 0.3 is 0 Å². The van der Waals surface area contributed by atoms with Gasteiger partial charge in [-0.3, -0.25) is 24.6 Å². The molecule has 3 N–H and O–H groups in total. The van der Waals surface area contributed by atoms with Crippen molar-refractivity contribution in [1.29, 1.82) is 0 Å². The summed E-state index contributed by atoms with van der Waals surface area (Å²) < 4.78 is 6.57. The van der Waals surface area contributed by atoms with Crippen LogP contribution in [0.1, 0.15) is 46.3 Å². The van der Waals surface area contributed by atoms with Crippen LogP contribution in [0.15, 0.2) is 60.7 Å². The smallest absolute Gasteiger partial charge is 0.255 e. The molecule has 3 fully saturated rings. The fourth-order valence-electron chi connectivity index (χ4n) is 8.50. The van der Waals surface area contributed by atoms with Crippen LogP contribution in [0.2, 0.25) is 5.02 Å². The summed E-state index contributed by atoms with van der Waals surface area (Å²) in [6.07, 6.45) is 1.48. The molecule has 0 saturated carbocycles. The maximum absolute atomic E-state index is 13.3. The van der Waals surface area contributed by atoms with Gasteiger partial charge in [0.25, 0.3) is 5.91 Å². The molecule has 3 amide bonds. The molecule has 3 aromatic carbocycles. The number of phenolic OH excluding ortho intramolecular Hbond substituents is 1. The Labute approximate surface area is 317 Å². The highest BCUT2D eigenvalue weighted by molar-refractivity contribution is 6.32. The number of amides is 3. The summed E-state index contributed by atoms with van der Waals surface area (Å²) in [7, 11) is 0. The number of aromatic hydroxyl groups is 1. The second-order valence-electron chi connectivity index (χ2n) is 14.9. The summed E-state index contributed by atoms with van der Waals surface area (Å²) in [4.78, 5) is 46.1. The molecule has 0 spiro atoms. The van der Waals surface area contributed by atoms with Crippen molar-refractivity contribution in [3.8, 4) is 22.8 Å². The average Bonchev–Trinajstić information content (AvgIpc) is 3.74. The van der Waals surface area contributed by atoms with Gasteiger partial charge in [-0.1, -0.05) is 29.8 Å². The predicted molar refractivity (Wildman–Crippen MR) is 204 cm³/mol. The van der Waals surface area contributed by atoms with Crippen LogP contribution in [0.4, 0.5) is 17.2 Å². The number of hydrogen-bond acceptors (Lipinski definition) is 11. The molecule has 54 heavy (non-hydrogen) atoms. The number of piperidine rings is 1. The third-order valence-corrected chi connectivity index (χ3v) is 11.8. The molecule has 13 nitrogen and oxygen atoms in total. The number of aromatic nitrogens is 2. The first-order valence-electron chi connectivity index (χ1n) is 18.6. The molecule has 3 atom stereocenters. The van der Waals surface area contributed by atoms with Gasteiger partial charge in [-0.2, -0.15) is 0 Å². The van der Waals surface area contributed by atoms with Crippen molar-refractivity contribution in [2.45, 2.75) is 57.5 Å². The molecule has 0 aliphatic carbocycles. The van der Waals surface area contributed by atoms with Crippen LogP contribution in [0.3, 0.4) is 0 Å². The highest BCUT2D eigenvalue weighted by atomic mass is 35.5. The number of benzene rings is 3. The van der Waals surface area contributed by atoms with Gasteiger partial charge in [-0.15, -0.1) is 10.2 Å². The highest BCUT2D eigenvalue weighted by Crippen LogP contribution is 2.40. The van der Waals surface area contributed by atoms with E-state index in [-0.39, 0.29) is 47.1 Å². The molecule has 0 radical (unpaired) electrons. The van der Waals surface area contributed by atoms with Crippen LogP contribution >= 0.6 is 11.6 Å². The molecular weight excluding hydrogens is 708 g/mol. The zero-order valence-corrected chi connectivity index (χ0v) is 30.7. The first-order valence-corrected chi connectivity index (χ1v) is 18.9. The standard InChI is InChI=1S/C40H41ClN8O5/c1-23-15-28(54-29-16-27-19-42-38-35(48(27)22-29)18-33(44-45-38)30-3-2-4-32(41)37(30)51)8-6-24(23)20-46-11-13-47(14-12-46)26-7-5-25-21-49(40(53)31(25)17-26)34-9-10-36(50)43-39(34)52/h2-8,15,17-18,27,29,34,51H,9-14,16,19-22H2,1H3,(H,42,45)(H,43,50,52)/t27-,29-,34?/m1/s1. The first kappa shape index (κ1) is 34.4. The minimum Gasteiger partial charge on any atom is -0.506 e. The van der Waals surface area contributed by atoms with Gasteiger partial charge in [0, 0.05) is 75.5 Å². The molecule has 5 aliphatic heterocycles. The number of halogens is 1. The van der Waals surface area contributed by atoms with Gasteiger partial charge in [0.2, 0.25) is 11.8 Å². The lowest BCUT2D eigenvalue weighted by atomic mass is 10.0. The van der Waals surface area contributed by atoms with Gasteiger partial charge in [0.15, 0.2) is 5.82 Å². The third kappa shape index (κ3) is 6.34. The maximum Gasteiger partial charge on any atom is 0.255 e. The van der Waals surface area contributed by atoms with Crippen LogP contribution in [-0.4, -0.2) is 100 Å². The van der Waals surface area contributed by atoms with E-state index >= 15 is 0 Å². The van der Waals surface area contributed by atoms with Crippen molar-refractivity contribution in [2.75, 3.05) is 54.4 Å². The SMILES string of the molecule is Cc1cc(O[C@@H]2C[C@@H]3CNc4nnc(-c5cccc(Cl)c5O)cc4N3C2)ccc1CN1CCN(c2ccc3c(c2)C(=O)N(C2CCC(=O)NC2=O)C3)CC1. The van der Waals surface area contributed by atoms with E-state index in [0.29, 0.717) is 36.3 Å². The van der Waals surface area contributed by atoms with Crippen molar-refractivity contribution in [1.82, 2.24) is 25.3 Å². The van der Waals surface area contributed by atoms with Crippen molar-refractivity contribution in [2.24, 2.45) is 0 Å². The lowest BCUT2D eigenvalue weighted by molar-refractivity contribution is -0.136. The van der Waals surface area contributed by atoms with Crippen LogP contribution in [0.25, 0.3) is 11.3 Å². The predicted octanol–water partition coefficient (Wildman–Crippen LogP) is 4.35. The van der Waals surface area contributed by atoms with Gasteiger partial charge in [-0.05, 0) is 72.5 Å². The van der Waals surface area contributed by atoms with Gasteiger partial charge < -0.3 is 29.9 Å². The average molecular weight is 749 g/mol. The van der Waals surface area contributed by atoms with Crippen LogP contribution in [0.5, 0.6) is 11.5 Å². The molecule has 4 aromatic rings. The summed E-state index contributed by atoms with van der Waals surface area (Å²) in [5.74, 6) is 0.760. The second-order valence-corrected chi connectivity index (χ2v) is 15.3. The fourth-order valence-corrected chi connectivity index (χ4v) is 8.67. The van der Waals surface area contributed by atoms with Crippen LogP contribution < -0.4 is 25.2 Å². The van der Waals surface area contributed by atoms with Crippen molar-refractivity contribution >= 4 is 46.5 Å². The number of ether oxygens (including phenoxy) is 1. The summed E-state index contributed by atoms with van der Waals surface area (Å²) in [5, 5.41) is 25.4. The number of imide groups is 1. The number of fused-ring (bicyclic) bond motifs is 4. The van der Waals surface area contributed by atoms with Gasteiger partial charge in [0.1, 0.15) is 23.6 Å². The van der Waals surface area contributed by atoms with Crippen molar-refractivity contribution in [3.05, 3.63) is 87.9 Å². The quantitative estimate of drug-likeness (QED) is 0.232. The van der Waals surface area contributed by atoms with E-state index in [9.17, 15) is 19.5 Å². The largest absolute Gasteiger partial charge is 0.506 e. The Morgan fingerprint density at radius 2 is 1.81 bits per heavy atom. The minimum atomic E-state index is -0.608. The lowest BCUT2D eigenvalue weighted by Gasteiger charge is -2.36. The molecule has 1 aromatic heterocycles. The van der Waals surface area contributed by atoms with Crippen molar-refractivity contribution < 1.29 is 24.2 Å². The monoisotopic (exact) mass is 748 g/mol. The molecule has 5 aliphatic rings. The molecule has 0 bridgehead atoms. The number of carbonyl (C=O) groups is 3. The van der Waals surface area contributed by atoms with Gasteiger partial charge in [-0.25, -0.2) is 0 Å². The van der Waals surface area contributed by atoms with E-state index in [1.165, 1.54) is 11.1 Å². The Bertz CT molecular complexity index is 2170. The minimum absolute atomic E-state index is 0.00561. The Morgan fingerprint density at radius 3 is 2.63 bits per heavy atom. The first-order chi connectivity index (χ1) is 26.2. The molecule has 14 heteroatoms. The van der Waals surface area contributed by atoms with Crippen LogP contribution in [-0.2, 0) is 22.7 Å². The second kappa shape index (κ2) is 13.8. The number of nitrogens with zero attached hydrogens (tertiary/aromatic N) is 6. The maximum atomic E-state index is 13.3. The number of aryl methyl sites for hydroxylation is 1. The fraction of sp³-hybridized carbons (Fsp3) is 0.375. The number of nitrogens with one attached hydrogen (secondary N) is 2. The summed E-state index contributed by atoms with van der Waals surface area (Å²) in [6, 6.07) is 19.2. The molecule has 1 unspecified atom stereocenters. The van der Waals surface area contributed by atoms with E-state index < -0.39 is 6.04 Å². The van der Waals surface area contributed by atoms with E-state index in [0.717, 1.165) is 74.2 Å². The Kier molecular flexibility index (Phi) is 8.77. The number of carbonyl (C=O) groups excluding carboxylic acids is 3. The van der Waals surface area contributed by atoms with Crippen LogP contribution in [0, 0.1) is 6.92 Å². The number of phenols is 1. The molecule has 6 heterocycles. The number of rotatable bonds is 7. The van der Waals surface area contributed by atoms with E-state index in [4.69, 9.17) is 16.3 Å². The zero-order chi connectivity index (χ0) is 37.1. The zero-order valence-electron chi connectivity index (χ0n) is 29.9.